The summed E-state index contributed by atoms with van der Waals surface area (Å²) in [5.41, 5.74) is 1.52. The Kier molecular flexibility index (Phi) is 9.40. The molecule has 2 N–H and O–H groups in total. The van der Waals surface area contributed by atoms with E-state index in [1.54, 1.807) is 54.6 Å². The summed E-state index contributed by atoms with van der Waals surface area (Å²) in [6.45, 7) is 1.90. The highest BCUT2D eigenvalue weighted by Gasteiger charge is 2.19. The molecule has 0 aliphatic rings. The molecule has 0 atom stereocenters. The van der Waals surface area contributed by atoms with Crippen LogP contribution in [0, 0.1) is 5.82 Å². The van der Waals surface area contributed by atoms with Gasteiger partial charge in [-0.3, -0.25) is 0 Å². The highest BCUT2D eigenvalue weighted by molar-refractivity contribution is 6.00. The summed E-state index contributed by atoms with van der Waals surface area (Å²) in [6.07, 6.45) is 3.16. The smallest absolute Gasteiger partial charge is 0.371 e. The lowest BCUT2D eigenvalue weighted by Crippen LogP contribution is -2.09. The molecule has 7 heteroatoms. The summed E-state index contributed by atoms with van der Waals surface area (Å²) in [4.78, 5) is 24.0. The van der Waals surface area contributed by atoms with Crippen molar-refractivity contribution in [3.8, 4) is 11.5 Å². The topological polar surface area (TPSA) is 93.1 Å². The van der Waals surface area contributed by atoms with E-state index in [1.165, 1.54) is 30.3 Å². The van der Waals surface area contributed by atoms with E-state index in [2.05, 4.69) is 0 Å². The minimum Gasteiger partial charge on any atom is -0.481 e. The van der Waals surface area contributed by atoms with Crippen molar-refractivity contribution >= 4 is 17.5 Å². The third kappa shape index (κ3) is 7.56. The van der Waals surface area contributed by atoms with Gasteiger partial charge >= 0.3 is 11.9 Å². The number of hydrogen-bond acceptors (Lipinski definition) is 4. The van der Waals surface area contributed by atoms with Gasteiger partial charge in [-0.1, -0.05) is 55.8 Å². The standard InChI is InChI=1S/C29H27FO6/c1-2-3-7-22(28(31)32)18-26(21-8-5-4-6-9-21)27(29(33)34)35-19-20-10-14-24(15-11-20)36-25-16-12-23(30)13-17-25/h4-6,8-18H,2-3,7,19H2,1H3,(H,31,32)(H,33,34). The maximum Gasteiger partial charge on any atom is 0.371 e. The minimum atomic E-state index is -1.30. The predicted molar refractivity (Wildman–Crippen MR) is 134 cm³/mol. The van der Waals surface area contributed by atoms with Crippen LogP contribution in [0.15, 0.2) is 96.3 Å². The second-order valence-corrected chi connectivity index (χ2v) is 7.98. The third-order valence-corrected chi connectivity index (χ3v) is 5.27. The zero-order valence-corrected chi connectivity index (χ0v) is 19.8. The highest BCUT2D eigenvalue weighted by Crippen LogP contribution is 2.27. The van der Waals surface area contributed by atoms with Crippen molar-refractivity contribution in [3.63, 3.8) is 0 Å². The van der Waals surface area contributed by atoms with Crippen molar-refractivity contribution in [2.24, 2.45) is 0 Å². The number of carboxylic acid groups (broad SMARTS) is 2. The molecule has 0 aliphatic carbocycles. The van der Waals surface area contributed by atoms with Crippen LogP contribution in [0.1, 0.15) is 37.3 Å². The van der Waals surface area contributed by atoms with Crippen LogP contribution in [0.25, 0.3) is 5.57 Å². The lowest BCUT2D eigenvalue weighted by molar-refractivity contribution is -0.137. The molecule has 0 spiro atoms. The maximum atomic E-state index is 13.1. The molecule has 0 saturated carbocycles. The van der Waals surface area contributed by atoms with E-state index in [1.807, 2.05) is 6.92 Å². The summed E-state index contributed by atoms with van der Waals surface area (Å²) < 4.78 is 24.5. The van der Waals surface area contributed by atoms with E-state index >= 15 is 0 Å². The number of allylic oxidation sites excluding steroid dienone is 2. The molecule has 0 aromatic heterocycles. The van der Waals surface area contributed by atoms with E-state index in [4.69, 9.17) is 9.47 Å². The zero-order valence-electron chi connectivity index (χ0n) is 19.8. The molecule has 0 radical (unpaired) electrons. The molecule has 0 bridgehead atoms. The van der Waals surface area contributed by atoms with Crippen LogP contribution in [-0.4, -0.2) is 22.2 Å². The average Bonchev–Trinajstić information content (AvgIpc) is 2.88. The second kappa shape index (κ2) is 12.9. The number of hydrogen-bond donors (Lipinski definition) is 2. The van der Waals surface area contributed by atoms with Gasteiger partial charge in [0.05, 0.1) is 0 Å². The molecule has 6 nitrogen and oxygen atoms in total. The lowest BCUT2D eigenvalue weighted by Gasteiger charge is -2.13. The Morgan fingerprint density at radius 1 is 0.861 bits per heavy atom. The van der Waals surface area contributed by atoms with Crippen LogP contribution < -0.4 is 4.74 Å². The van der Waals surface area contributed by atoms with Crippen molar-refractivity contribution in [2.75, 3.05) is 0 Å². The van der Waals surface area contributed by atoms with Gasteiger partial charge in [0.25, 0.3) is 0 Å². The fourth-order valence-electron chi connectivity index (χ4n) is 3.38. The van der Waals surface area contributed by atoms with Crippen LogP contribution in [0.3, 0.4) is 0 Å². The normalized spacial score (nSPS) is 12.0. The Hall–Kier alpha value is -4.39. The fraction of sp³-hybridized carbons (Fsp3) is 0.172. The number of carbonyl (C=O) groups is 2. The second-order valence-electron chi connectivity index (χ2n) is 7.98. The molecule has 3 aromatic rings. The van der Waals surface area contributed by atoms with Crippen LogP contribution in [0.2, 0.25) is 0 Å². The third-order valence-electron chi connectivity index (χ3n) is 5.27. The number of aliphatic carboxylic acids is 2. The summed E-state index contributed by atoms with van der Waals surface area (Å²) in [7, 11) is 0. The Morgan fingerprint density at radius 3 is 2.03 bits per heavy atom. The van der Waals surface area contributed by atoms with Crippen LogP contribution >= 0.6 is 0 Å². The van der Waals surface area contributed by atoms with E-state index in [9.17, 15) is 24.2 Å². The molecule has 0 heterocycles. The van der Waals surface area contributed by atoms with Gasteiger partial charge in [-0.2, -0.15) is 0 Å². The molecule has 36 heavy (non-hydrogen) atoms. The molecular weight excluding hydrogens is 463 g/mol. The number of benzene rings is 3. The van der Waals surface area contributed by atoms with E-state index in [0.29, 0.717) is 35.5 Å². The number of ether oxygens (including phenoxy) is 2. The molecule has 186 valence electrons. The highest BCUT2D eigenvalue weighted by atomic mass is 19.1. The first-order valence-corrected chi connectivity index (χ1v) is 11.5. The van der Waals surface area contributed by atoms with Crippen molar-refractivity contribution in [2.45, 2.75) is 32.8 Å². The minimum absolute atomic E-state index is 0.0556. The first-order valence-electron chi connectivity index (χ1n) is 11.5. The molecule has 0 fully saturated rings. The van der Waals surface area contributed by atoms with Gasteiger partial charge in [0, 0.05) is 11.1 Å². The van der Waals surface area contributed by atoms with E-state index in [0.717, 1.165) is 6.42 Å². The molecule has 3 aromatic carbocycles. The fourth-order valence-corrected chi connectivity index (χ4v) is 3.38. The van der Waals surface area contributed by atoms with Crippen molar-refractivity contribution in [1.29, 1.82) is 0 Å². The van der Waals surface area contributed by atoms with Gasteiger partial charge in [-0.15, -0.1) is 0 Å². The quantitative estimate of drug-likeness (QED) is 0.164. The Bertz CT molecular complexity index is 1230. The van der Waals surface area contributed by atoms with Crippen molar-refractivity contribution in [1.82, 2.24) is 0 Å². The summed E-state index contributed by atoms with van der Waals surface area (Å²) >= 11 is 0. The summed E-state index contributed by atoms with van der Waals surface area (Å²) in [5, 5.41) is 19.6. The van der Waals surface area contributed by atoms with E-state index in [-0.39, 0.29) is 29.3 Å². The number of unbranched alkanes of at least 4 members (excludes halogenated alkanes) is 1. The molecular formula is C29H27FO6. The van der Waals surface area contributed by atoms with Gasteiger partial charge in [0.15, 0.2) is 0 Å². The zero-order chi connectivity index (χ0) is 25.9. The molecule has 3 rings (SSSR count). The van der Waals surface area contributed by atoms with Gasteiger partial charge < -0.3 is 19.7 Å². The SMILES string of the molecule is CCCCC(=CC(=C(OCc1ccc(Oc2ccc(F)cc2)cc1)C(=O)O)c1ccccc1)C(=O)O. The van der Waals surface area contributed by atoms with Crippen molar-refractivity contribution in [3.05, 3.63) is 113 Å². The monoisotopic (exact) mass is 490 g/mol. The molecule has 0 unspecified atom stereocenters. The summed E-state index contributed by atoms with van der Waals surface area (Å²) in [6, 6.07) is 21.2. The van der Waals surface area contributed by atoms with Gasteiger partial charge in [0.2, 0.25) is 5.76 Å². The molecule has 0 amide bonds. The average molecular weight is 491 g/mol. The predicted octanol–water partition coefficient (Wildman–Crippen LogP) is 6.83. The first kappa shape index (κ1) is 26.2. The molecule has 0 saturated heterocycles. The Balaban J connectivity index is 1.86. The largest absolute Gasteiger partial charge is 0.481 e. The lowest BCUT2D eigenvalue weighted by atomic mass is 9.99. The number of halogens is 1. The number of rotatable bonds is 12. The Labute approximate surface area is 208 Å². The van der Waals surface area contributed by atoms with E-state index < -0.39 is 11.9 Å². The van der Waals surface area contributed by atoms with Crippen LogP contribution in [-0.2, 0) is 20.9 Å². The van der Waals surface area contributed by atoms with Gasteiger partial charge in [0.1, 0.15) is 23.9 Å². The van der Waals surface area contributed by atoms with Crippen molar-refractivity contribution < 1.29 is 33.7 Å². The Morgan fingerprint density at radius 2 is 1.47 bits per heavy atom. The summed E-state index contributed by atoms with van der Waals surface area (Å²) in [5.74, 6) is -2.10. The number of carboxylic acids is 2. The van der Waals surface area contributed by atoms with Crippen LogP contribution in [0.5, 0.6) is 11.5 Å². The van der Waals surface area contributed by atoms with Crippen LogP contribution in [0.4, 0.5) is 4.39 Å². The maximum absolute atomic E-state index is 13.1. The van der Waals surface area contributed by atoms with Gasteiger partial charge in [-0.05, 0) is 66.4 Å². The first-order chi connectivity index (χ1) is 17.4. The van der Waals surface area contributed by atoms with Gasteiger partial charge in [-0.25, -0.2) is 14.0 Å². The molecule has 0 aliphatic heterocycles.